The van der Waals surface area contributed by atoms with Crippen molar-refractivity contribution in [3.8, 4) is 0 Å². The molecule has 6 atom stereocenters. The monoisotopic (exact) mass is 328 g/mol. The van der Waals surface area contributed by atoms with Gasteiger partial charge in [-0.3, -0.25) is 9.59 Å². The fourth-order valence-corrected chi connectivity index (χ4v) is 7.66. The number of rotatable bonds is 2. The molecular weight excluding hydrogens is 296 g/mol. The quantitative estimate of drug-likeness (QED) is 0.705. The van der Waals surface area contributed by atoms with Crippen LogP contribution in [0.15, 0.2) is 11.6 Å². The molecule has 24 heavy (non-hydrogen) atoms. The van der Waals surface area contributed by atoms with Crippen LogP contribution in [0.2, 0.25) is 0 Å². The summed E-state index contributed by atoms with van der Waals surface area (Å²) in [5.74, 6) is 3.34. The predicted octanol–water partition coefficient (Wildman–Crippen LogP) is 5.11. The van der Waals surface area contributed by atoms with E-state index in [-0.39, 0.29) is 10.8 Å². The maximum Gasteiger partial charge on any atom is 0.155 e. The van der Waals surface area contributed by atoms with E-state index < -0.39 is 0 Å². The molecule has 3 saturated carbocycles. The molecule has 0 amide bonds. The first-order chi connectivity index (χ1) is 11.4. The van der Waals surface area contributed by atoms with E-state index >= 15 is 0 Å². The van der Waals surface area contributed by atoms with Crippen LogP contribution >= 0.6 is 0 Å². The van der Waals surface area contributed by atoms with Gasteiger partial charge in [-0.15, -0.1) is 0 Å². The normalized spacial score (nSPS) is 47.5. The van der Waals surface area contributed by atoms with Gasteiger partial charge in [0.25, 0.3) is 0 Å². The molecule has 0 aliphatic heterocycles. The Kier molecular flexibility index (Phi) is 3.82. The minimum atomic E-state index is 0.255. The molecule has 0 bridgehead atoms. The Bertz CT molecular complexity index is 603. The van der Waals surface area contributed by atoms with E-state index in [1.54, 1.807) is 0 Å². The molecule has 0 radical (unpaired) electrons. The second-order valence-electron chi connectivity index (χ2n) is 9.33. The van der Waals surface area contributed by atoms with Gasteiger partial charge in [0.05, 0.1) is 0 Å². The summed E-state index contributed by atoms with van der Waals surface area (Å²) >= 11 is 0. The van der Waals surface area contributed by atoms with Crippen LogP contribution in [0.5, 0.6) is 0 Å². The van der Waals surface area contributed by atoms with Gasteiger partial charge in [-0.25, -0.2) is 0 Å². The molecule has 4 aliphatic rings. The van der Waals surface area contributed by atoms with Gasteiger partial charge < -0.3 is 0 Å². The van der Waals surface area contributed by atoms with Crippen LogP contribution in [0.1, 0.15) is 78.6 Å². The highest BCUT2D eigenvalue weighted by atomic mass is 16.1. The number of hydrogen-bond acceptors (Lipinski definition) is 2. The van der Waals surface area contributed by atoms with Crippen LogP contribution in [0.25, 0.3) is 0 Å². The van der Waals surface area contributed by atoms with E-state index in [1.807, 2.05) is 13.0 Å². The summed E-state index contributed by atoms with van der Waals surface area (Å²) in [6, 6.07) is 0. The smallest absolute Gasteiger partial charge is 0.155 e. The summed E-state index contributed by atoms with van der Waals surface area (Å²) in [6.45, 7) is 6.59. The van der Waals surface area contributed by atoms with E-state index in [0.717, 1.165) is 43.4 Å². The van der Waals surface area contributed by atoms with Gasteiger partial charge >= 0.3 is 0 Å². The molecular formula is C22H32O2. The molecule has 4 aliphatic carbocycles. The summed E-state index contributed by atoms with van der Waals surface area (Å²) < 4.78 is 0. The van der Waals surface area contributed by atoms with Crippen molar-refractivity contribution < 1.29 is 9.59 Å². The molecule has 4 rings (SSSR count). The maximum absolute atomic E-state index is 12.3. The van der Waals surface area contributed by atoms with Gasteiger partial charge in [-0.2, -0.15) is 0 Å². The summed E-state index contributed by atoms with van der Waals surface area (Å²) in [6.07, 6.45) is 12.2. The molecule has 0 heterocycles. The first-order valence-electron chi connectivity index (χ1n) is 10.2. The standard InChI is InChI=1S/C22H32O2/c1-4-22-12-10-19-17(20(22)8-7-18(22)14(2)23)6-5-15-13-16(24)9-11-21(15,19)3/h13,17-20H,4-12H2,1-3H3/t17-,18-,19+,20+,21+,22-/m1/s1. The fraction of sp³-hybridized carbons (Fsp3) is 0.818. The first-order valence-corrected chi connectivity index (χ1v) is 10.2. The van der Waals surface area contributed by atoms with E-state index in [2.05, 4.69) is 13.8 Å². The zero-order valence-corrected chi connectivity index (χ0v) is 15.6. The largest absolute Gasteiger partial charge is 0.300 e. The van der Waals surface area contributed by atoms with Crippen molar-refractivity contribution in [1.82, 2.24) is 0 Å². The summed E-state index contributed by atoms with van der Waals surface area (Å²) in [4.78, 5) is 24.2. The topological polar surface area (TPSA) is 34.1 Å². The molecule has 0 spiro atoms. The van der Waals surface area contributed by atoms with E-state index in [4.69, 9.17) is 0 Å². The highest BCUT2D eigenvalue weighted by Gasteiger charge is 2.60. The Morgan fingerprint density at radius 3 is 2.62 bits per heavy atom. The molecule has 2 heteroatoms. The van der Waals surface area contributed by atoms with Crippen molar-refractivity contribution in [3.05, 3.63) is 11.6 Å². The lowest BCUT2D eigenvalue weighted by Crippen LogP contribution is -2.51. The van der Waals surface area contributed by atoms with E-state index in [9.17, 15) is 9.59 Å². The summed E-state index contributed by atoms with van der Waals surface area (Å²) in [5.41, 5.74) is 1.99. The van der Waals surface area contributed by atoms with Gasteiger partial charge in [0.2, 0.25) is 0 Å². The molecule has 0 aromatic heterocycles. The Morgan fingerprint density at radius 1 is 1.12 bits per heavy atom. The minimum Gasteiger partial charge on any atom is -0.300 e. The van der Waals surface area contributed by atoms with Crippen LogP contribution in [-0.2, 0) is 9.59 Å². The molecule has 3 fully saturated rings. The number of allylic oxidation sites excluding steroid dienone is 1. The number of Topliss-reactive ketones (excluding diaryl/α,β-unsaturated/α-hetero) is 1. The summed E-state index contributed by atoms with van der Waals surface area (Å²) in [5, 5.41) is 0. The van der Waals surface area contributed by atoms with Crippen LogP contribution in [0, 0.1) is 34.5 Å². The third-order valence-electron chi connectivity index (χ3n) is 8.83. The van der Waals surface area contributed by atoms with Gasteiger partial charge in [-0.05, 0) is 93.0 Å². The molecule has 0 unspecified atom stereocenters. The lowest BCUT2D eigenvalue weighted by Gasteiger charge is -2.58. The molecule has 0 aromatic carbocycles. The average Bonchev–Trinajstić information content (AvgIpc) is 2.95. The zero-order valence-electron chi connectivity index (χ0n) is 15.6. The Morgan fingerprint density at radius 2 is 1.92 bits per heavy atom. The third-order valence-corrected chi connectivity index (χ3v) is 8.83. The number of fused-ring (bicyclic) bond motifs is 5. The lowest BCUT2D eigenvalue weighted by molar-refractivity contribution is -0.130. The van der Waals surface area contributed by atoms with Crippen LogP contribution < -0.4 is 0 Å². The average molecular weight is 328 g/mol. The van der Waals surface area contributed by atoms with E-state index in [0.29, 0.717) is 17.5 Å². The summed E-state index contributed by atoms with van der Waals surface area (Å²) in [7, 11) is 0. The van der Waals surface area contributed by atoms with Crippen molar-refractivity contribution >= 4 is 11.6 Å². The van der Waals surface area contributed by atoms with Crippen molar-refractivity contribution in [2.75, 3.05) is 0 Å². The SMILES string of the molecule is CC[C@]12CC[C@H]3[C@@H](CCC4=CC(=O)CC[C@@]43C)[C@@H]1CC[C@@H]2C(C)=O. The van der Waals surface area contributed by atoms with Crippen molar-refractivity contribution in [2.45, 2.75) is 78.6 Å². The van der Waals surface area contributed by atoms with Gasteiger partial charge in [0.1, 0.15) is 5.78 Å². The van der Waals surface area contributed by atoms with Crippen molar-refractivity contribution in [3.63, 3.8) is 0 Å². The Hall–Kier alpha value is -0.920. The minimum absolute atomic E-state index is 0.255. The highest BCUT2D eigenvalue weighted by molar-refractivity contribution is 5.91. The number of ketones is 2. The molecule has 0 aromatic rings. The molecule has 2 nitrogen and oxygen atoms in total. The third kappa shape index (κ3) is 2.07. The van der Waals surface area contributed by atoms with E-state index in [1.165, 1.54) is 37.7 Å². The molecule has 132 valence electrons. The first kappa shape index (κ1) is 16.5. The van der Waals surface area contributed by atoms with Crippen molar-refractivity contribution in [1.29, 1.82) is 0 Å². The van der Waals surface area contributed by atoms with Crippen LogP contribution in [-0.4, -0.2) is 11.6 Å². The lowest BCUT2D eigenvalue weighted by atomic mass is 9.46. The van der Waals surface area contributed by atoms with Crippen LogP contribution in [0.3, 0.4) is 0 Å². The van der Waals surface area contributed by atoms with Gasteiger partial charge in [0.15, 0.2) is 5.78 Å². The Balaban J connectivity index is 1.69. The second-order valence-corrected chi connectivity index (χ2v) is 9.33. The predicted molar refractivity (Wildman–Crippen MR) is 95.5 cm³/mol. The van der Waals surface area contributed by atoms with Crippen molar-refractivity contribution in [2.24, 2.45) is 34.5 Å². The van der Waals surface area contributed by atoms with Gasteiger partial charge in [-0.1, -0.05) is 19.4 Å². The van der Waals surface area contributed by atoms with Gasteiger partial charge in [0, 0.05) is 12.3 Å². The highest BCUT2D eigenvalue weighted by Crippen LogP contribution is 2.67. The number of hydrogen-bond donors (Lipinski definition) is 0. The number of carbonyl (C=O) groups excluding carboxylic acids is 2. The fourth-order valence-electron chi connectivity index (χ4n) is 7.66. The molecule has 0 N–H and O–H groups in total. The number of carbonyl (C=O) groups is 2. The second kappa shape index (κ2) is 5.54. The maximum atomic E-state index is 12.3. The Labute approximate surface area is 146 Å². The molecule has 0 saturated heterocycles. The zero-order chi connectivity index (χ0) is 17.1. The van der Waals surface area contributed by atoms with Crippen LogP contribution in [0.4, 0.5) is 0 Å².